The minimum atomic E-state index is -3.28. The fraction of sp³-hybridized carbons (Fsp3) is 0.538. The third-order valence-corrected chi connectivity index (χ3v) is 4.22. The van der Waals surface area contributed by atoms with E-state index in [4.69, 9.17) is 4.74 Å². The molecule has 0 amide bonds. The van der Waals surface area contributed by atoms with Crippen molar-refractivity contribution >= 4 is 10.0 Å². The van der Waals surface area contributed by atoms with Crippen molar-refractivity contribution < 1.29 is 13.2 Å². The van der Waals surface area contributed by atoms with Gasteiger partial charge in [-0.05, 0) is 24.5 Å². The van der Waals surface area contributed by atoms with E-state index in [9.17, 15) is 8.42 Å². The summed E-state index contributed by atoms with van der Waals surface area (Å²) in [6.07, 6.45) is 0.980. The number of benzene rings is 1. The molecule has 102 valence electrons. The van der Waals surface area contributed by atoms with Gasteiger partial charge in [-0.25, -0.2) is 13.1 Å². The Hall–Kier alpha value is -0.910. The summed E-state index contributed by atoms with van der Waals surface area (Å²) in [7, 11) is -1.79. The van der Waals surface area contributed by atoms with E-state index in [2.05, 4.69) is 11.6 Å². The van der Waals surface area contributed by atoms with Gasteiger partial charge in [-0.3, -0.25) is 0 Å². The highest BCUT2D eigenvalue weighted by Crippen LogP contribution is 2.14. The monoisotopic (exact) mass is 271 g/mol. The lowest BCUT2D eigenvalue weighted by Gasteiger charge is -2.14. The summed E-state index contributed by atoms with van der Waals surface area (Å²) < 4.78 is 30.8. The number of aryl methyl sites for hydroxylation is 1. The molecule has 0 fully saturated rings. The van der Waals surface area contributed by atoms with Gasteiger partial charge in [0.15, 0.2) is 0 Å². The van der Waals surface area contributed by atoms with Crippen molar-refractivity contribution in [1.29, 1.82) is 0 Å². The largest absolute Gasteiger partial charge is 0.384 e. The maximum Gasteiger partial charge on any atom is 0.214 e. The Balaban J connectivity index is 2.66. The predicted molar refractivity (Wildman–Crippen MR) is 73.0 cm³/mol. The van der Waals surface area contributed by atoms with Crippen molar-refractivity contribution in [3.8, 4) is 0 Å². The first kappa shape index (κ1) is 15.1. The van der Waals surface area contributed by atoms with Crippen molar-refractivity contribution in [3.05, 3.63) is 35.4 Å². The average molecular weight is 271 g/mol. The van der Waals surface area contributed by atoms with Crippen molar-refractivity contribution in [2.24, 2.45) is 0 Å². The molecule has 1 aromatic rings. The number of nitrogens with one attached hydrogen (secondary N) is 1. The molecule has 0 saturated heterocycles. The van der Waals surface area contributed by atoms with Gasteiger partial charge in [0.25, 0.3) is 0 Å². The molecule has 18 heavy (non-hydrogen) atoms. The Morgan fingerprint density at radius 2 is 1.89 bits per heavy atom. The normalized spacial score (nSPS) is 13.5. The second-order valence-electron chi connectivity index (χ2n) is 4.25. The van der Waals surface area contributed by atoms with Gasteiger partial charge in [0, 0.05) is 13.2 Å². The van der Waals surface area contributed by atoms with E-state index in [1.165, 1.54) is 12.7 Å². The first-order valence-electron chi connectivity index (χ1n) is 6.06. The third-order valence-electron chi connectivity index (χ3n) is 2.80. The number of sulfonamides is 1. The summed E-state index contributed by atoms with van der Waals surface area (Å²) in [5, 5.41) is 0. The summed E-state index contributed by atoms with van der Waals surface area (Å²) in [6.45, 7) is 4.13. The summed E-state index contributed by atoms with van der Waals surface area (Å²) in [5.41, 5.74) is 2.21. The Bertz CT molecular complexity index is 454. The lowest BCUT2D eigenvalue weighted by Crippen LogP contribution is -2.30. The van der Waals surface area contributed by atoms with Crippen LogP contribution in [0.4, 0.5) is 0 Å². The standard InChI is InChI=1S/C13H21NO3S/c1-4-12-5-7-13(8-6-12)11(2)14-18(15,16)10-9-17-3/h5-8,11,14H,4,9-10H2,1-3H3. The topological polar surface area (TPSA) is 55.4 Å². The molecular formula is C13H21NO3S. The number of ether oxygens (including phenoxy) is 1. The fourth-order valence-corrected chi connectivity index (χ4v) is 2.81. The lowest BCUT2D eigenvalue weighted by atomic mass is 10.1. The van der Waals surface area contributed by atoms with Gasteiger partial charge in [-0.1, -0.05) is 31.2 Å². The molecular weight excluding hydrogens is 250 g/mol. The molecule has 1 rings (SSSR count). The molecule has 0 aromatic heterocycles. The number of methoxy groups -OCH3 is 1. The number of rotatable bonds is 7. The van der Waals surface area contributed by atoms with E-state index >= 15 is 0 Å². The summed E-state index contributed by atoms with van der Waals surface area (Å²) in [4.78, 5) is 0. The van der Waals surface area contributed by atoms with Crippen LogP contribution in [0.15, 0.2) is 24.3 Å². The fourth-order valence-electron chi connectivity index (χ4n) is 1.63. The van der Waals surface area contributed by atoms with Gasteiger partial charge in [-0.2, -0.15) is 0 Å². The Morgan fingerprint density at radius 3 is 2.39 bits per heavy atom. The molecule has 0 aliphatic carbocycles. The molecule has 1 aromatic carbocycles. The van der Waals surface area contributed by atoms with Crippen LogP contribution in [0.3, 0.4) is 0 Å². The highest BCUT2D eigenvalue weighted by atomic mass is 32.2. The van der Waals surface area contributed by atoms with Crippen molar-refractivity contribution in [1.82, 2.24) is 4.72 Å². The Labute approximate surface area is 109 Å². The molecule has 1 atom stereocenters. The van der Waals surface area contributed by atoms with E-state index in [0.717, 1.165) is 12.0 Å². The highest BCUT2D eigenvalue weighted by Gasteiger charge is 2.15. The molecule has 0 spiro atoms. The van der Waals surface area contributed by atoms with Crippen LogP contribution in [-0.4, -0.2) is 27.9 Å². The zero-order valence-corrected chi connectivity index (χ0v) is 12.0. The van der Waals surface area contributed by atoms with Crippen molar-refractivity contribution in [2.75, 3.05) is 19.5 Å². The molecule has 4 nitrogen and oxygen atoms in total. The minimum absolute atomic E-state index is 0.0130. The second kappa shape index (κ2) is 6.87. The van der Waals surface area contributed by atoms with E-state index in [1.807, 2.05) is 31.2 Å². The lowest BCUT2D eigenvalue weighted by molar-refractivity contribution is 0.216. The van der Waals surface area contributed by atoms with Crippen LogP contribution < -0.4 is 4.72 Å². The van der Waals surface area contributed by atoms with Crippen LogP contribution in [-0.2, 0) is 21.2 Å². The maximum atomic E-state index is 11.7. The first-order chi connectivity index (χ1) is 8.48. The van der Waals surface area contributed by atoms with Gasteiger partial charge in [0.05, 0.1) is 12.4 Å². The van der Waals surface area contributed by atoms with E-state index < -0.39 is 10.0 Å². The Kier molecular flexibility index (Phi) is 5.78. The summed E-state index contributed by atoms with van der Waals surface area (Å²) in [6, 6.07) is 7.74. The van der Waals surface area contributed by atoms with Crippen molar-refractivity contribution in [2.45, 2.75) is 26.3 Å². The molecule has 0 saturated carbocycles. The smallest absolute Gasteiger partial charge is 0.214 e. The summed E-state index contributed by atoms with van der Waals surface area (Å²) in [5.74, 6) is -0.0130. The predicted octanol–water partition coefficient (Wildman–Crippen LogP) is 1.88. The van der Waals surface area contributed by atoms with Gasteiger partial charge in [0.1, 0.15) is 0 Å². The molecule has 0 aliphatic rings. The highest BCUT2D eigenvalue weighted by molar-refractivity contribution is 7.89. The molecule has 0 bridgehead atoms. The van der Waals surface area contributed by atoms with Crippen LogP contribution in [0.1, 0.15) is 31.0 Å². The van der Waals surface area contributed by atoms with Gasteiger partial charge in [-0.15, -0.1) is 0 Å². The summed E-state index contributed by atoms with van der Waals surface area (Å²) >= 11 is 0. The number of hydrogen-bond donors (Lipinski definition) is 1. The van der Waals surface area contributed by atoms with Crippen LogP contribution in [0.5, 0.6) is 0 Å². The average Bonchev–Trinajstić information content (AvgIpc) is 2.36. The van der Waals surface area contributed by atoms with Crippen LogP contribution in [0.25, 0.3) is 0 Å². The Morgan fingerprint density at radius 1 is 1.28 bits per heavy atom. The van der Waals surface area contributed by atoms with E-state index in [1.54, 1.807) is 0 Å². The quantitative estimate of drug-likeness (QED) is 0.823. The second-order valence-corrected chi connectivity index (χ2v) is 6.12. The van der Waals surface area contributed by atoms with E-state index in [-0.39, 0.29) is 18.4 Å². The maximum absolute atomic E-state index is 11.7. The third kappa shape index (κ3) is 4.76. The van der Waals surface area contributed by atoms with Crippen LogP contribution in [0, 0.1) is 0 Å². The molecule has 0 heterocycles. The zero-order valence-electron chi connectivity index (χ0n) is 11.1. The van der Waals surface area contributed by atoms with Gasteiger partial charge in [0.2, 0.25) is 10.0 Å². The SMILES string of the molecule is CCc1ccc(C(C)NS(=O)(=O)CCOC)cc1. The van der Waals surface area contributed by atoms with Crippen LogP contribution >= 0.6 is 0 Å². The molecule has 1 unspecified atom stereocenters. The van der Waals surface area contributed by atoms with Crippen LogP contribution in [0.2, 0.25) is 0 Å². The number of hydrogen-bond acceptors (Lipinski definition) is 3. The van der Waals surface area contributed by atoms with Crippen molar-refractivity contribution in [3.63, 3.8) is 0 Å². The molecule has 1 N–H and O–H groups in total. The van der Waals surface area contributed by atoms with Gasteiger partial charge < -0.3 is 4.74 Å². The molecule has 0 aliphatic heterocycles. The molecule has 5 heteroatoms. The van der Waals surface area contributed by atoms with Gasteiger partial charge >= 0.3 is 0 Å². The minimum Gasteiger partial charge on any atom is -0.384 e. The molecule has 0 radical (unpaired) electrons. The zero-order chi connectivity index (χ0) is 13.6. The van der Waals surface area contributed by atoms with E-state index in [0.29, 0.717) is 0 Å². The first-order valence-corrected chi connectivity index (χ1v) is 7.71.